The van der Waals surface area contributed by atoms with E-state index >= 15 is 0 Å². The van der Waals surface area contributed by atoms with Gasteiger partial charge in [-0.25, -0.2) is 9.97 Å². The van der Waals surface area contributed by atoms with Gasteiger partial charge in [-0.3, -0.25) is 0 Å². The molecule has 29 heavy (non-hydrogen) atoms. The van der Waals surface area contributed by atoms with E-state index in [2.05, 4.69) is 24.8 Å². The second-order valence-corrected chi connectivity index (χ2v) is 11.0. The van der Waals surface area contributed by atoms with Crippen molar-refractivity contribution in [3.63, 3.8) is 0 Å². The van der Waals surface area contributed by atoms with Gasteiger partial charge >= 0.3 is 0 Å². The molecular formula is C22H29N4O2S+. The average Bonchev–Trinajstić information content (AvgIpc) is 3.62. The minimum atomic E-state index is -1.28. The molecule has 7 heteroatoms. The van der Waals surface area contributed by atoms with Gasteiger partial charge in [0.25, 0.3) is 0 Å². The van der Waals surface area contributed by atoms with E-state index in [0.29, 0.717) is 24.3 Å². The number of thiol groups is 1. The van der Waals surface area contributed by atoms with Crippen molar-refractivity contribution >= 4 is 22.3 Å². The molecule has 2 aliphatic carbocycles. The van der Waals surface area contributed by atoms with Crippen molar-refractivity contribution in [1.29, 1.82) is 0 Å². The molecule has 2 heterocycles. The number of ether oxygens (including phenoxy) is 1. The molecule has 1 saturated heterocycles. The first kappa shape index (κ1) is 19.0. The molecule has 2 saturated carbocycles. The van der Waals surface area contributed by atoms with E-state index in [1.54, 1.807) is 0 Å². The minimum Gasteiger partial charge on any atom is -0.399 e. The van der Waals surface area contributed by atoms with Crippen molar-refractivity contribution in [3.8, 4) is 11.4 Å². The summed E-state index contributed by atoms with van der Waals surface area (Å²) in [5, 5.41) is 0.382. The van der Waals surface area contributed by atoms with Crippen molar-refractivity contribution in [2.24, 2.45) is 0 Å². The molecule has 0 spiro atoms. The molecule has 3 aliphatic rings. The third-order valence-electron chi connectivity index (χ3n) is 6.31. The third kappa shape index (κ3) is 3.44. The summed E-state index contributed by atoms with van der Waals surface area (Å²) in [4.78, 5) is 12.2. The van der Waals surface area contributed by atoms with Crippen molar-refractivity contribution in [3.05, 3.63) is 36.0 Å². The number of hydrogen-bond acceptors (Lipinski definition) is 6. The van der Waals surface area contributed by atoms with Crippen LogP contribution in [0.1, 0.15) is 45.2 Å². The van der Waals surface area contributed by atoms with Crippen molar-refractivity contribution in [2.45, 2.75) is 61.6 Å². The first-order valence-electron chi connectivity index (χ1n) is 10.6. The van der Waals surface area contributed by atoms with Crippen LogP contribution in [0.4, 0.5) is 11.5 Å². The SMILES string of the molecule is CC1COCC(C)N1c1cc(C2([SH+](=O)C3CC3)CC2)nc(-c2ccc(N)cc2)n1. The summed E-state index contributed by atoms with van der Waals surface area (Å²) in [5.74, 6) is 1.60. The van der Waals surface area contributed by atoms with Crippen LogP contribution < -0.4 is 10.6 Å². The van der Waals surface area contributed by atoms with E-state index in [-0.39, 0.29) is 16.8 Å². The Morgan fingerprint density at radius 3 is 2.34 bits per heavy atom. The zero-order valence-corrected chi connectivity index (χ0v) is 17.9. The van der Waals surface area contributed by atoms with Crippen LogP contribution in [0.2, 0.25) is 0 Å². The Morgan fingerprint density at radius 2 is 1.76 bits per heavy atom. The fraction of sp³-hybridized carbons (Fsp3) is 0.545. The van der Waals surface area contributed by atoms with Gasteiger partial charge in [0.05, 0.1) is 36.1 Å². The number of nitrogens with zero attached hydrogens (tertiary/aromatic N) is 3. The van der Waals surface area contributed by atoms with Gasteiger partial charge in [0.1, 0.15) is 16.8 Å². The lowest BCUT2D eigenvalue weighted by Crippen LogP contribution is -2.50. The normalized spacial score (nSPS) is 26.9. The monoisotopic (exact) mass is 413 g/mol. The summed E-state index contributed by atoms with van der Waals surface area (Å²) in [7, 11) is -1.28. The Bertz CT molecular complexity index is 930. The standard InChI is InChI=1S/C22H28N4O2S/c1-14-12-28-13-15(2)26(14)20-11-19(22(9-10-22)29(27)18-7-8-18)24-21(25-20)16-3-5-17(23)6-4-16/h3-6,11,14-15,18H,7-10,12-13,23H2,1-2H3/p+1. The van der Waals surface area contributed by atoms with E-state index in [1.165, 1.54) is 0 Å². The van der Waals surface area contributed by atoms with Crippen LogP contribution >= 0.6 is 0 Å². The molecule has 3 atom stereocenters. The lowest BCUT2D eigenvalue weighted by Gasteiger charge is -2.40. The molecule has 5 rings (SSSR count). The van der Waals surface area contributed by atoms with Gasteiger partial charge in [-0.05, 0) is 51.0 Å². The van der Waals surface area contributed by atoms with Gasteiger partial charge < -0.3 is 15.4 Å². The van der Waals surface area contributed by atoms with Crippen LogP contribution in [-0.4, -0.2) is 40.5 Å². The van der Waals surface area contributed by atoms with Crippen LogP contribution in [-0.2, 0) is 24.5 Å². The smallest absolute Gasteiger partial charge is 0.172 e. The molecule has 2 N–H and O–H groups in total. The predicted molar refractivity (Wildman–Crippen MR) is 117 cm³/mol. The number of nitrogens with two attached hydrogens (primary N) is 1. The largest absolute Gasteiger partial charge is 0.399 e. The molecule has 6 nitrogen and oxygen atoms in total. The predicted octanol–water partition coefficient (Wildman–Crippen LogP) is 3.19. The molecule has 3 unspecified atom stereocenters. The summed E-state index contributed by atoms with van der Waals surface area (Å²) < 4.78 is 18.7. The number of morpholine rings is 1. The molecule has 1 aromatic carbocycles. The van der Waals surface area contributed by atoms with Gasteiger partial charge in [0.2, 0.25) is 0 Å². The highest BCUT2D eigenvalue weighted by Gasteiger charge is 2.61. The molecule has 0 bridgehead atoms. The van der Waals surface area contributed by atoms with E-state index in [1.807, 2.05) is 24.3 Å². The van der Waals surface area contributed by atoms with E-state index in [0.717, 1.165) is 48.4 Å². The number of hydrogen-bond donors (Lipinski definition) is 1. The van der Waals surface area contributed by atoms with Gasteiger partial charge in [-0.2, -0.15) is 0 Å². The second-order valence-electron chi connectivity index (χ2n) is 8.79. The van der Waals surface area contributed by atoms with Crippen molar-refractivity contribution in [1.82, 2.24) is 9.97 Å². The summed E-state index contributed by atoms with van der Waals surface area (Å²) in [6.45, 7) is 5.69. The first-order chi connectivity index (χ1) is 14.0. The van der Waals surface area contributed by atoms with Crippen LogP contribution in [0, 0.1) is 0 Å². The fourth-order valence-corrected chi connectivity index (χ4v) is 6.60. The second kappa shape index (κ2) is 7.06. The Morgan fingerprint density at radius 1 is 1.10 bits per heavy atom. The fourth-order valence-electron chi connectivity index (χ4n) is 4.39. The highest BCUT2D eigenvalue weighted by molar-refractivity contribution is 7.87. The van der Waals surface area contributed by atoms with E-state index in [4.69, 9.17) is 20.4 Å². The molecule has 154 valence electrons. The van der Waals surface area contributed by atoms with Crippen molar-refractivity contribution < 1.29 is 8.95 Å². The first-order valence-corrected chi connectivity index (χ1v) is 11.9. The number of nitrogen functional groups attached to an aromatic ring is 1. The van der Waals surface area contributed by atoms with Crippen LogP contribution in [0.5, 0.6) is 0 Å². The maximum absolute atomic E-state index is 13.2. The van der Waals surface area contributed by atoms with Crippen molar-refractivity contribution in [2.75, 3.05) is 23.8 Å². The molecule has 2 aromatic rings. The van der Waals surface area contributed by atoms with Gasteiger partial charge in [0.15, 0.2) is 10.6 Å². The number of benzene rings is 1. The maximum Gasteiger partial charge on any atom is 0.172 e. The topological polar surface area (TPSA) is 81.3 Å². The number of rotatable bonds is 5. The van der Waals surface area contributed by atoms with Gasteiger partial charge in [-0.15, -0.1) is 4.21 Å². The van der Waals surface area contributed by atoms with E-state index in [9.17, 15) is 4.21 Å². The van der Waals surface area contributed by atoms with Crippen LogP contribution in [0.3, 0.4) is 0 Å². The van der Waals surface area contributed by atoms with Gasteiger partial charge in [-0.1, -0.05) is 0 Å². The highest BCUT2D eigenvalue weighted by Crippen LogP contribution is 2.55. The maximum atomic E-state index is 13.2. The summed E-state index contributed by atoms with van der Waals surface area (Å²) >= 11 is 0. The lowest BCUT2D eigenvalue weighted by molar-refractivity contribution is 0.0752. The Balaban J connectivity index is 1.61. The molecule has 3 fully saturated rings. The van der Waals surface area contributed by atoms with Crippen LogP contribution in [0.15, 0.2) is 30.3 Å². The molecule has 1 aromatic heterocycles. The molecule has 1 aliphatic heterocycles. The molecule has 0 radical (unpaired) electrons. The Labute approximate surface area is 174 Å². The minimum absolute atomic E-state index is 0.230. The molecular weight excluding hydrogens is 384 g/mol. The number of anilines is 2. The Kier molecular flexibility index (Phi) is 4.62. The highest BCUT2D eigenvalue weighted by atomic mass is 32.2. The van der Waals surface area contributed by atoms with Crippen LogP contribution in [0.25, 0.3) is 11.4 Å². The summed E-state index contributed by atoms with van der Waals surface area (Å²) in [6.07, 6.45) is 4.11. The Hall–Kier alpha value is -1.99. The molecule has 0 amide bonds. The van der Waals surface area contributed by atoms with Gasteiger partial charge in [0, 0.05) is 30.2 Å². The van der Waals surface area contributed by atoms with E-state index < -0.39 is 10.8 Å². The quantitative estimate of drug-likeness (QED) is 0.461. The summed E-state index contributed by atoms with van der Waals surface area (Å²) in [6, 6.07) is 10.2. The average molecular weight is 414 g/mol. The zero-order valence-electron chi connectivity index (χ0n) is 17.0. The lowest BCUT2D eigenvalue weighted by atomic mass is 10.1. The number of aromatic nitrogens is 2. The summed E-state index contributed by atoms with van der Waals surface area (Å²) in [5.41, 5.74) is 8.48. The zero-order chi connectivity index (χ0) is 20.2. The third-order valence-corrected chi connectivity index (χ3v) is 9.01.